The lowest BCUT2D eigenvalue weighted by Gasteiger charge is -2.15. The SMILES string of the molecule is CCc1cccc(NS(=O)(=O)C(CC)CN)c1. The molecule has 17 heavy (non-hydrogen) atoms. The lowest BCUT2D eigenvalue weighted by molar-refractivity contribution is 0.581. The average molecular weight is 256 g/mol. The molecule has 0 saturated carbocycles. The van der Waals surface area contributed by atoms with Gasteiger partial charge in [-0.1, -0.05) is 26.0 Å². The summed E-state index contributed by atoms with van der Waals surface area (Å²) in [5, 5.41) is -0.534. The topological polar surface area (TPSA) is 72.2 Å². The van der Waals surface area contributed by atoms with Gasteiger partial charge in [0, 0.05) is 12.2 Å². The van der Waals surface area contributed by atoms with Crippen LogP contribution < -0.4 is 10.5 Å². The van der Waals surface area contributed by atoms with Crippen molar-refractivity contribution in [1.29, 1.82) is 0 Å². The van der Waals surface area contributed by atoms with Gasteiger partial charge in [0.1, 0.15) is 0 Å². The van der Waals surface area contributed by atoms with Crippen molar-refractivity contribution in [3.8, 4) is 0 Å². The third-order valence-corrected chi connectivity index (χ3v) is 4.68. The summed E-state index contributed by atoms with van der Waals surface area (Å²) in [4.78, 5) is 0. The highest BCUT2D eigenvalue weighted by atomic mass is 32.2. The number of benzene rings is 1. The van der Waals surface area contributed by atoms with Crippen LogP contribution in [-0.2, 0) is 16.4 Å². The van der Waals surface area contributed by atoms with Gasteiger partial charge in [0.25, 0.3) is 0 Å². The van der Waals surface area contributed by atoms with Crippen molar-refractivity contribution < 1.29 is 8.42 Å². The van der Waals surface area contributed by atoms with Crippen LogP contribution in [0.5, 0.6) is 0 Å². The number of hydrogen-bond donors (Lipinski definition) is 2. The van der Waals surface area contributed by atoms with Crippen LogP contribution in [0.2, 0.25) is 0 Å². The Morgan fingerprint density at radius 2 is 2.06 bits per heavy atom. The van der Waals surface area contributed by atoms with Crippen LogP contribution in [0, 0.1) is 0 Å². The Morgan fingerprint density at radius 3 is 2.59 bits per heavy atom. The minimum Gasteiger partial charge on any atom is -0.329 e. The molecule has 1 rings (SSSR count). The average Bonchev–Trinajstić information content (AvgIpc) is 2.29. The van der Waals surface area contributed by atoms with Gasteiger partial charge in [-0.25, -0.2) is 8.42 Å². The molecule has 96 valence electrons. The summed E-state index contributed by atoms with van der Waals surface area (Å²) in [7, 11) is -3.38. The first kappa shape index (κ1) is 14.0. The van der Waals surface area contributed by atoms with E-state index < -0.39 is 15.3 Å². The number of nitrogens with two attached hydrogens (primary N) is 1. The van der Waals surface area contributed by atoms with E-state index in [1.807, 2.05) is 32.0 Å². The Bertz CT molecular complexity index is 453. The molecule has 0 fully saturated rings. The molecule has 0 heterocycles. The zero-order chi connectivity index (χ0) is 12.9. The van der Waals surface area contributed by atoms with Gasteiger partial charge in [-0.3, -0.25) is 4.72 Å². The van der Waals surface area contributed by atoms with Gasteiger partial charge >= 0.3 is 0 Å². The number of nitrogens with one attached hydrogen (secondary N) is 1. The van der Waals surface area contributed by atoms with Gasteiger partial charge in [0.05, 0.1) is 5.25 Å². The van der Waals surface area contributed by atoms with Crippen molar-refractivity contribution in [1.82, 2.24) is 0 Å². The summed E-state index contributed by atoms with van der Waals surface area (Å²) in [6, 6.07) is 7.42. The number of hydrogen-bond acceptors (Lipinski definition) is 3. The third kappa shape index (κ3) is 3.71. The van der Waals surface area contributed by atoms with E-state index in [0.29, 0.717) is 12.1 Å². The normalized spacial score (nSPS) is 13.4. The van der Waals surface area contributed by atoms with Crippen molar-refractivity contribution in [2.45, 2.75) is 31.9 Å². The van der Waals surface area contributed by atoms with Gasteiger partial charge in [0.15, 0.2) is 0 Å². The molecular formula is C12H20N2O2S. The zero-order valence-corrected chi connectivity index (χ0v) is 11.1. The maximum absolute atomic E-state index is 12.0. The minimum atomic E-state index is -3.38. The smallest absolute Gasteiger partial charge is 0.236 e. The molecule has 0 aliphatic rings. The molecule has 0 aliphatic heterocycles. The van der Waals surface area contributed by atoms with E-state index in [-0.39, 0.29) is 6.54 Å². The Kier molecular flexibility index (Phi) is 4.96. The highest BCUT2D eigenvalue weighted by Gasteiger charge is 2.21. The Hall–Kier alpha value is -1.07. The molecule has 5 heteroatoms. The van der Waals surface area contributed by atoms with Crippen LogP contribution in [0.3, 0.4) is 0 Å². The molecule has 0 saturated heterocycles. The van der Waals surface area contributed by atoms with Crippen molar-refractivity contribution in [3.05, 3.63) is 29.8 Å². The largest absolute Gasteiger partial charge is 0.329 e. The van der Waals surface area contributed by atoms with Crippen LogP contribution in [-0.4, -0.2) is 20.2 Å². The second-order valence-electron chi connectivity index (χ2n) is 3.97. The molecular weight excluding hydrogens is 236 g/mol. The first-order valence-electron chi connectivity index (χ1n) is 5.84. The van der Waals surface area contributed by atoms with Crippen LogP contribution >= 0.6 is 0 Å². The van der Waals surface area contributed by atoms with E-state index in [4.69, 9.17) is 5.73 Å². The molecule has 4 nitrogen and oxygen atoms in total. The summed E-state index contributed by atoms with van der Waals surface area (Å²) in [6.07, 6.45) is 1.39. The van der Waals surface area contributed by atoms with E-state index in [1.54, 1.807) is 6.07 Å². The number of aryl methyl sites for hydroxylation is 1. The lowest BCUT2D eigenvalue weighted by atomic mass is 10.1. The maximum Gasteiger partial charge on any atom is 0.236 e. The van der Waals surface area contributed by atoms with E-state index in [9.17, 15) is 8.42 Å². The highest BCUT2D eigenvalue weighted by molar-refractivity contribution is 7.93. The molecule has 0 aromatic heterocycles. The zero-order valence-electron chi connectivity index (χ0n) is 10.3. The summed E-state index contributed by atoms with van der Waals surface area (Å²) in [5.41, 5.74) is 7.17. The van der Waals surface area contributed by atoms with E-state index >= 15 is 0 Å². The van der Waals surface area contributed by atoms with Crippen molar-refractivity contribution in [2.24, 2.45) is 5.73 Å². The summed E-state index contributed by atoms with van der Waals surface area (Å²) < 4.78 is 26.5. The fourth-order valence-electron chi connectivity index (χ4n) is 1.62. The van der Waals surface area contributed by atoms with Crippen molar-refractivity contribution >= 4 is 15.7 Å². The molecule has 1 aromatic rings. The van der Waals surface area contributed by atoms with Crippen molar-refractivity contribution in [2.75, 3.05) is 11.3 Å². The first-order valence-corrected chi connectivity index (χ1v) is 7.38. The molecule has 1 aromatic carbocycles. The summed E-state index contributed by atoms with van der Waals surface area (Å²) in [6.45, 7) is 3.99. The van der Waals surface area contributed by atoms with Gasteiger partial charge < -0.3 is 5.73 Å². The van der Waals surface area contributed by atoms with Crippen LogP contribution in [0.4, 0.5) is 5.69 Å². The molecule has 0 amide bonds. The third-order valence-electron chi connectivity index (χ3n) is 2.75. The van der Waals surface area contributed by atoms with E-state index in [0.717, 1.165) is 12.0 Å². The maximum atomic E-state index is 12.0. The molecule has 0 radical (unpaired) electrons. The quantitative estimate of drug-likeness (QED) is 0.814. The summed E-state index contributed by atoms with van der Waals surface area (Å²) in [5.74, 6) is 0. The second-order valence-corrected chi connectivity index (χ2v) is 5.93. The van der Waals surface area contributed by atoms with Crippen LogP contribution in [0.1, 0.15) is 25.8 Å². The molecule has 0 spiro atoms. The summed E-state index contributed by atoms with van der Waals surface area (Å²) >= 11 is 0. The fourth-order valence-corrected chi connectivity index (χ4v) is 2.93. The number of anilines is 1. The predicted molar refractivity (Wildman–Crippen MR) is 71.5 cm³/mol. The predicted octanol–water partition coefficient (Wildman–Crippen LogP) is 1.73. The molecule has 0 aliphatic carbocycles. The Morgan fingerprint density at radius 1 is 1.35 bits per heavy atom. The first-order chi connectivity index (χ1) is 8.03. The van der Waals surface area contributed by atoms with Gasteiger partial charge in [0.2, 0.25) is 10.0 Å². The number of rotatable bonds is 6. The van der Waals surface area contributed by atoms with Gasteiger partial charge in [-0.2, -0.15) is 0 Å². The fraction of sp³-hybridized carbons (Fsp3) is 0.500. The van der Waals surface area contributed by atoms with Crippen molar-refractivity contribution in [3.63, 3.8) is 0 Å². The van der Waals surface area contributed by atoms with E-state index in [2.05, 4.69) is 4.72 Å². The molecule has 1 unspecified atom stereocenters. The minimum absolute atomic E-state index is 0.138. The molecule has 3 N–H and O–H groups in total. The molecule has 1 atom stereocenters. The monoisotopic (exact) mass is 256 g/mol. The standard InChI is InChI=1S/C12H20N2O2S/c1-3-10-6-5-7-11(8-10)14-17(15,16)12(4-2)9-13/h5-8,12,14H,3-4,9,13H2,1-2H3. The highest BCUT2D eigenvalue weighted by Crippen LogP contribution is 2.15. The Labute approximate surface area is 103 Å². The van der Waals surface area contributed by atoms with Crippen LogP contribution in [0.25, 0.3) is 0 Å². The van der Waals surface area contributed by atoms with Gasteiger partial charge in [-0.05, 0) is 30.5 Å². The van der Waals surface area contributed by atoms with Gasteiger partial charge in [-0.15, -0.1) is 0 Å². The number of sulfonamides is 1. The second kappa shape index (κ2) is 6.02. The lowest BCUT2D eigenvalue weighted by Crippen LogP contribution is -2.33. The Balaban J connectivity index is 2.89. The van der Waals surface area contributed by atoms with Crippen LogP contribution in [0.15, 0.2) is 24.3 Å². The molecule has 0 bridgehead atoms. The van der Waals surface area contributed by atoms with E-state index in [1.165, 1.54) is 0 Å².